The van der Waals surface area contributed by atoms with Gasteiger partial charge < -0.3 is 0 Å². The third-order valence-corrected chi connectivity index (χ3v) is 4.36. The third kappa shape index (κ3) is 2.90. The van der Waals surface area contributed by atoms with E-state index in [0.717, 1.165) is 0 Å². The van der Waals surface area contributed by atoms with Gasteiger partial charge in [-0.2, -0.15) is 0 Å². The summed E-state index contributed by atoms with van der Waals surface area (Å²) in [6.07, 6.45) is 4.60. The summed E-state index contributed by atoms with van der Waals surface area (Å²) in [5.41, 5.74) is 4.91. The average Bonchev–Trinajstić information content (AvgIpc) is 3.42. The SMILES string of the molecule is C1=[N+](c2ccccc2)C2n3c1ccc3C=[N+]2c1ccccc1.CC.CC. The van der Waals surface area contributed by atoms with Crippen molar-refractivity contribution in [1.29, 1.82) is 0 Å². The molecule has 0 saturated heterocycles. The first-order valence-corrected chi connectivity index (χ1v) is 9.49. The minimum Gasteiger partial charge on any atom is -0.212 e. The van der Waals surface area contributed by atoms with Crippen LogP contribution in [0.5, 0.6) is 0 Å². The molecule has 132 valence electrons. The Bertz CT molecular complexity index is 844. The van der Waals surface area contributed by atoms with Crippen LogP contribution in [0.25, 0.3) is 0 Å². The summed E-state index contributed by atoms with van der Waals surface area (Å²) in [7, 11) is 0. The van der Waals surface area contributed by atoms with Crippen LogP contribution in [0.15, 0.2) is 72.8 Å². The molecule has 3 nitrogen and oxygen atoms in total. The second-order valence-electron chi connectivity index (χ2n) is 5.64. The zero-order valence-electron chi connectivity index (χ0n) is 16.0. The first kappa shape index (κ1) is 17.9. The number of benzene rings is 2. The van der Waals surface area contributed by atoms with Crippen molar-refractivity contribution < 1.29 is 9.15 Å². The highest BCUT2D eigenvalue weighted by Crippen LogP contribution is 2.35. The van der Waals surface area contributed by atoms with Crippen molar-refractivity contribution in [2.45, 2.75) is 34.0 Å². The van der Waals surface area contributed by atoms with Gasteiger partial charge in [0, 0.05) is 24.3 Å². The summed E-state index contributed by atoms with van der Waals surface area (Å²) < 4.78 is 7.03. The van der Waals surface area contributed by atoms with Gasteiger partial charge in [-0.25, -0.2) is 4.57 Å². The highest BCUT2D eigenvalue weighted by atomic mass is 15.4. The molecule has 2 aliphatic heterocycles. The fourth-order valence-electron chi connectivity index (χ4n) is 3.37. The van der Waals surface area contributed by atoms with Crippen molar-refractivity contribution in [2.24, 2.45) is 0 Å². The summed E-state index contributed by atoms with van der Waals surface area (Å²) in [6, 6.07) is 25.5. The molecule has 0 fully saturated rings. The Balaban J connectivity index is 0.000000461. The highest BCUT2D eigenvalue weighted by molar-refractivity contribution is 5.84. The number of rotatable bonds is 2. The van der Waals surface area contributed by atoms with Gasteiger partial charge in [0.2, 0.25) is 23.8 Å². The molecule has 0 saturated carbocycles. The topological polar surface area (TPSA) is 10.9 Å². The number of para-hydroxylation sites is 2. The van der Waals surface area contributed by atoms with Gasteiger partial charge in [-0.1, -0.05) is 64.1 Å². The first-order valence-electron chi connectivity index (χ1n) is 9.49. The number of hydrogen-bond acceptors (Lipinski definition) is 0. The Labute approximate surface area is 156 Å². The summed E-state index contributed by atoms with van der Waals surface area (Å²) in [5, 5.41) is 0. The van der Waals surface area contributed by atoms with Gasteiger partial charge in [-0.15, -0.1) is 9.15 Å². The molecule has 3 aromatic rings. The fraction of sp³-hybridized carbons (Fsp3) is 0.217. The van der Waals surface area contributed by atoms with Crippen molar-refractivity contribution in [2.75, 3.05) is 0 Å². The zero-order chi connectivity index (χ0) is 18.5. The molecule has 5 rings (SSSR count). The molecule has 26 heavy (non-hydrogen) atoms. The van der Waals surface area contributed by atoms with Gasteiger partial charge in [0.15, 0.2) is 0 Å². The number of nitrogens with zero attached hydrogens (tertiary/aromatic N) is 3. The van der Waals surface area contributed by atoms with E-state index in [1.165, 1.54) is 22.8 Å². The molecule has 0 radical (unpaired) electrons. The summed E-state index contributed by atoms with van der Waals surface area (Å²) in [5.74, 6) is 0. The van der Waals surface area contributed by atoms with E-state index in [0.29, 0.717) is 0 Å². The monoisotopic (exact) mass is 345 g/mol. The summed E-state index contributed by atoms with van der Waals surface area (Å²) in [4.78, 5) is 0. The van der Waals surface area contributed by atoms with Gasteiger partial charge in [0.25, 0.3) is 0 Å². The first-order chi connectivity index (χ1) is 12.9. The molecular weight excluding hydrogens is 318 g/mol. The lowest BCUT2D eigenvalue weighted by atomic mass is 10.3. The summed E-state index contributed by atoms with van der Waals surface area (Å²) in [6.45, 7) is 8.00. The molecular formula is C23H27N3+2. The standard InChI is InChI=1S/C19H15N3.2C2H6/c1-3-7-15(8-4-1)20-13-17-11-12-18-14-21(19(20)22(17)18)16-9-5-2-6-10-16;2*1-2/h1-14,19H;2*1-2H3/q+2;;. The molecule has 3 heteroatoms. The van der Waals surface area contributed by atoms with Crippen LogP contribution in [-0.4, -0.2) is 26.1 Å². The normalized spacial score (nSPS) is 13.7. The van der Waals surface area contributed by atoms with Crippen LogP contribution in [0.3, 0.4) is 0 Å². The van der Waals surface area contributed by atoms with Gasteiger partial charge in [-0.3, -0.25) is 0 Å². The molecule has 0 atom stereocenters. The van der Waals surface area contributed by atoms with E-state index in [1.807, 2.05) is 27.7 Å². The molecule has 0 aliphatic carbocycles. The van der Waals surface area contributed by atoms with Crippen molar-refractivity contribution >= 4 is 23.8 Å². The van der Waals surface area contributed by atoms with Gasteiger partial charge in [-0.05, 0) is 12.1 Å². The Hall–Kier alpha value is -2.94. The van der Waals surface area contributed by atoms with Crippen LogP contribution in [0, 0.1) is 0 Å². The van der Waals surface area contributed by atoms with Crippen molar-refractivity contribution in [3.63, 3.8) is 0 Å². The lowest BCUT2D eigenvalue weighted by Gasteiger charge is -2.07. The Morgan fingerprint density at radius 3 is 1.35 bits per heavy atom. The van der Waals surface area contributed by atoms with Crippen LogP contribution in [0.2, 0.25) is 0 Å². The lowest BCUT2D eigenvalue weighted by molar-refractivity contribution is -0.726. The van der Waals surface area contributed by atoms with E-state index >= 15 is 0 Å². The van der Waals surface area contributed by atoms with Crippen molar-refractivity contribution in [1.82, 2.24) is 4.57 Å². The van der Waals surface area contributed by atoms with E-state index in [4.69, 9.17) is 0 Å². The van der Waals surface area contributed by atoms with Gasteiger partial charge in [0.1, 0.15) is 11.4 Å². The van der Waals surface area contributed by atoms with Crippen molar-refractivity contribution in [3.8, 4) is 0 Å². The minimum atomic E-state index is 0.143. The zero-order valence-corrected chi connectivity index (χ0v) is 16.0. The Morgan fingerprint density at radius 1 is 0.577 bits per heavy atom. The molecule has 0 bridgehead atoms. The van der Waals surface area contributed by atoms with Crippen LogP contribution in [-0.2, 0) is 0 Å². The quantitative estimate of drug-likeness (QED) is 0.539. The molecule has 2 aromatic carbocycles. The minimum absolute atomic E-state index is 0.143. The summed E-state index contributed by atoms with van der Waals surface area (Å²) >= 11 is 0. The Morgan fingerprint density at radius 2 is 0.962 bits per heavy atom. The molecule has 2 aliphatic rings. The maximum Gasteiger partial charge on any atom is 0.445 e. The molecule has 0 unspecified atom stereocenters. The van der Waals surface area contributed by atoms with Crippen LogP contribution in [0.1, 0.15) is 45.4 Å². The largest absolute Gasteiger partial charge is 0.445 e. The van der Waals surface area contributed by atoms with E-state index in [2.05, 4.69) is 98.9 Å². The van der Waals surface area contributed by atoms with Gasteiger partial charge >= 0.3 is 6.29 Å². The maximum absolute atomic E-state index is 2.38. The predicted octanol–water partition coefficient (Wildman–Crippen LogP) is 5.55. The van der Waals surface area contributed by atoms with E-state index < -0.39 is 0 Å². The van der Waals surface area contributed by atoms with Crippen LogP contribution < -0.4 is 0 Å². The second-order valence-corrected chi connectivity index (χ2v) is 5.64. The highest BCUT2D eigenvalue weighted by Gasteiger charge is 2.47. The molecule has 1 aromatic heterocycles. The number of hydrogen-bond donors (Lipinski definition) is 0. The van der Waals surface area contributed by atoms with Crippen LogP contribution >= 0.6 is 0 Å². The molecule has 0 N–H and O–H groups in total. The molecule has 0 amide bonds. The predicted molar refractivity (Wildman–Crippen MR) is 109 cm³/mol. The molecule has 0 spiro atoms. The van der Waals surface area contributed by atoms with E-state index in [1.54, 1.807) is 0 Å². The van der Waals surface area contributed by atoms with E-state index in [-0.39, 0.29) is 6.29 Å². The Kier molecular flexibility index (Phi) is 5.47. The molecule has 3 heterocycles. The average molecular weight is 345 g/mol. The van der Waals surface area contributed by atoms with Gasteiger partial charge in [0.05, 0.1) is 0 Å². The smallest absolute Gasteiger partial charge is 0.212 e. The lowest BCUT2D eigenvalue weighted by Crippen LogP contribution is -2.22. The van der Waals surface area contributed by atoms with E-state index in [9.17, 15) is 0 Å². The maximum atomic E-state index is 2.38. The third-order valence-electron chi connectivity index (χ3n) is 4.36. The number of aromatic nitrogens is 1. The second kappa shape index (κ2) is 7.96. The van der Waals surface area contributed by atoms with Crippen molar-refractivity contribution in [3.05, 3.63) is 84.2 Å². The fourth-order valence-corrected chi connectivity index (χ4v) is 3.37. The van der Waals surface area contributed by atoms with Crippen LogP contribution in [0.4, 0.5) is 11.4 Å².